The van der Waals surface area contributed by atoms with Crippen molar-refractivity contribution in [1.82, 2.24) is 4.98 Å². The van der Waals surface area contributed by atoms with Crippen molar-refractivity contribution >= 4 is 36.4 Å². The average Bonchev–Trinajstić information content (AvgIpc) is 2.16. The minimum absolute atomic E-state index is 0. The van der Waals surface area contributed by atoms with Crippen molar-refractivity contribution in [2.75, 3.05) is 11.9 Å². The van der Waals surface area contributed by atoms with Gasteiger partial charge in [0.15, 0.2) is 6.61 Å². The molecule has 1 aromatic rings. The standard InChI is InChI=1S/C8H9N3O2.2ClH/c9-2-5-1-6-8(10-3-5)13-4-7(12)11-6;;/h1,3H,2,4,9H2,(H,11,12);2*1H. The van der Waals surface area contributed by atoms with Gasteiger partial charge in [-0.15, -0.1) is 24.8 Å². The van der Waals surface area contributed by atoms with Gasteiger partial charge in [-0.1, -0.05) is 0 Å². The summed E-state index contributed by atoms with van der Waals surface area (Å²) >= 11 is 0. The Morgan fingerprint density at radius 1 is 1.53 bits per heavy atom. The molecular formula is C8H11Cl2N3O2. The van der Waals surface area contributed by atoms with Gasteiger partial charge in [-0.05, 0) is 11.6 Å². The lowest BCUT2D eigenvalue weighted by molar-refractivity contribution is -0.118. The zero-order valence-electron chi connectivity index (χ0n) is 7.73. The Morgan fingerprint density at radius 2 is 2.27 bits per heavy atom. The van der Waals surface area contributed by atoms with Crippen molar-refractivity contribution in [3.8, 4) is 5.88 Å². The summed E-state index contributed by atoms with van der Waals surface area (Å²) in [4.78, 5) is 14.9. The lowest BCUT2D eigenvalue weighted by atomic mass is 10.2. The van der Waals surface area contributed by atoms with Gasteiger partial charge >= 0.3 is 0 Å². The van der Waals surface area contributed by atoms with Gasteiger partial charge in [-0.25, -0.2) is 4.98 Å². The van der Waals surface area contributed by atoms with Gasteiger partial charge in [-0.2, -0.15) is 0 Å². The maximum absolute atomic E-state index is 10.9. The number of ether oxygens (including phenoxy) is 1. The quantitative estimate of drug-likeness (QED) is 0.771. The molecule has 0 spiro atoms. The number of rotatable bonds is 1. The summed E-state index contributed by atoms with van der Waals surface area (Å²) < 4.78 is 5.07. The molecule has 2 rings (SSSR count). The number of fused-ring (bicyclic) bond motifs is 1. The number of aromatic nitrogens is 1. The number of pyridine rings is 1. The summed E-state index contributed by atoms with van der Waals surface area (Å²) in [6.07, 6.45) is 1.64. The van der Waals surface area contributed by atoms with Gasteiger partial charge in [0, 0.05) is 12.7 Å². The number of amides is 1. The molecule has 7 heteroatoms. The minimum Gasteiger partial charge on any atom is -0.466 e. The van der Waals surface area contributed by atoms with Crippen molar-refractivity contribution in [2.45, 2.75) is 6.54 Å². The zero-order valence-corrected chi connectivity index (χ0v) is 9.36. The van der Waals surface area contributed by atoms with E-state index in [4.69, 9.17) is 10.5 Å². The highest BCUT2D eigenvalue weighted by atomic mass is 35.5. The van der Waals surface area contributed by atoms with Crippen LogP contribution in [0.15, 0.2) is 12.3 Å². The Balaban J connectivity index is 0.000000980. The second-order valence-electron chi connectivity index (χ2n) is 2.74. The fourth-order valence-electron chi connectivity index (χ4n) is 1.13. The van der Waals surface area contributed by atoms with E-state index in [2.05, 4.69) is 10.3 Å². The van der Waals surface area contributed by atoms with Gasteiger partial charge in [0.25, 0.3) is 5.91 Å². The van der Waals surface area contributed by atoms with Crippen LogP contribution in [0.25, 0.3) is 0 Å². The molecule has 15 heavy (non-hydrogen) atoms. The molecule has 0 fully saturated rings. The lowest BCUT2D eigenvalue weighted by Gasteiger charge is -2.16. The van der Waals surface area contributed by atoms with E-state index in [9.17, 15) is 4.79 Å². The van der Waals surface area contributed by atoms with E-state index < -0.39 is 0 Å². The lowest BCUT2D eigenvalue weighted by Crippen LogP contribution is -2.26. The molecule has 0 saturated carbocycles. The first-order valence-corrected chi connectivity index (χ1v) is 3.91. The highest BCUT2D eigenvalue weighted by molar-refractivity contribution is 5.94. The van der Waals surface area contributed by atoms with Crippen molar-refractivity contribution in [1.29, 1.82) is 0 Å². The Labute approximate surface area is 99.2 Å². The van der Waals surface area contributed by atoms with E-state index in [1.54, 1.807) is 12.3 Å². The van der Waals surface area contributed by atoms with Crippen LogP contribution in [-0.4, -0.2) is 17.5 Å². The average molecular weight is 252 g/mol. The summed E-state index contributed by atoms with van der Waals surface area (Å²) in [6, 6.07) is 1.76. The predicted molar refractivity (Wildman–Crippen MR) is 60.7 cm³/mol. The second-order valence-corrected chi connectivity index (χ2v) is 2.74. The van der Waals surface area contributed by atoms with Crippen LogP contribution >= 0.6 is 24.8 Å². The number of nitrogens with two attached hydrogens (primary N) is 1. The van der Waals surface area contributed by atoms with E-state index in [-0.39, 0.29) is 37.3 Å². The third kappa shape index (κ3) is 2.95. The highest BCUT2D eigenvalue weighted by Crippen LogP contribution is 2.24. The Kier molecular flexibility index (Phi) is 5.35. The van der Waals surface area contributed by atoms with Crippen molar-refractivity contribution < 1.29 is 9.53 Å². The van der Waals surface area contributed by atoms with Crippen LogP contribution < -0.4 is 15.8 Å². The van der Waals surface area contributed by atoms with Gasteiger partial charge in [0.2, 0.25) is 5.88 Å². The first-order chi connectivity index (χ1) is 6.29. The predicted octanol–water partition coefficient (Wildman–Crippen LogP) is 0.715. The van der Waals surface area contributed by atoms with Crippen LogP contribution in [0, 0.1) is 0 Å². The smallest absolute Gasteiger partial charge is 0.262 e. The molecule has 84 valence electrons. The van der Waals surface area contributed by atoms with Gasteiger partial charge in [0.1, 0.15) is 5.69 Å². The Morgan fingerprint density at radius 3 is 2.93 bits per heavy atom. The van der Waals surface area contributed by atoms with Gasteiger partial charge in [-0.3, -0.25) is 4.79 Å². The third-order valence-corrected chi connectivity index (χ3v) is 1.76. The zero-order chi connectivity index (χ0) is 9.26. The van der Waals surface area contributed by atoms with E-state index in [1.165, 1.54) is 0 Å². The highest BCUT2D eigenvalue weighted by Gasteiger charge is 2.16. The van der Waals surface area contributed by atoms with Crippen molar-refractivity contribution in [3.05, 3.63) is 17.8 Å². The van der Waals surface area contributed by atoms with Crippen molar-refractivity contribution in [2.24, 2.45) is 5.73 Å². The fourth-order valence-corrected chi connectivity index (χ4v) is 1.13. The summed E-state index contributed by atoms with van der Waals surface area (Å²) in [7, 11) is 0. The molecule has 1 aromatic heterocycles. The van der Waals surface area contributed by atoms with E-state index >= 15 is 0 Å². The molecule has 0 atom stereocenters. The van der Waals surface area contributed by atoms with Crippen LogP contribution in [0.4, 0.5) is 5.69 Å². The van der Waals surface area contributed by atoms with Crippen LogP contribution in [0.2, 0.25) is 0 Å². The summed E-state index contributed by atoms with van der Waals surface area (Å²) in [6.45, 7) is 0.429. The maximum atomic E-state index is 10.9. The van der Waals surface area contributed by atoms with Crippen LogP contribution in [0.5, 0.6) is 5.88 Å². The molecule has 0 aliphatic carbocycles. The van der Waals surface area contributed by atoms with Crippen LogP contribution in [0.3, 0.4) is 0 Å². The molecule has 2 heterocycles. The molecule has 5 nitrogen and oxygen atoms in total. The SMILES string of the molecule is Cl.Cl.NCc1cnc2c(c1)NC(=O)CO2. The summed E-state index contributed by atoms with van der Waals surface area (Å²) in [5, 5.41) is 2.65. The first-order valence-electron chi connectivity index (χ1n) is 3.91. The van der Waals surface area contributed by atoms with E-state index in [1.807, 2.05) is 0 Å². The van der Waals surface area contributed by atoms with Crippen molar-refractivity contribution in [3.63, 3.8) is 0 Å². The molecule has 0 radical (unpaired) electrons. The topological polar surface area (TPSA) is 77.2 Å². The normalized spacial score (nSPS) is 12.5. The van der Waals surface area contributed by atoms with Crippen LogP contribution in [-0.2, 0) is 11.3 Å². The van der Waals surface area contributed by atoms with Gasteiger partial charge in [0.05, 0.1) is 0 Å². The number of hydrogen-bond donors (Lipinski definition) is 2. The maximum Gasteiger partial charge on any atom is 0.262 e. The molecule has 0 bridgehead atoms. The largest absolute Gasteiger partial charge is 0.466 e. The molecule has 1 aliphatic heterocycles. The summed E-state index contributed by atoms with van der Waals surface area (Å²) in [5.74, 6) is 0.292. The molecule has 0 unspecified atom stereocenters. The number of carbonyl (C=O) groups is 1. The van der Waals surface area contributed by atoms with E-state index in [0.29, 0.717) is 18.1 Å². The Hall–Kier alpha value is -1.04. The number of nitrogens with one attached hydrogen (secondary N) is 1. The number of nitrogens with zero attached hydrogens (tertiary/aromatic N) is 1. The second kappa shape index (κ2) is 5.75. The van der Waals surface area contributed by atoms with Gasteiger partial charge < -0.3 is 15.8 Å². The minimum atomic E-state index is -0.163. The van der Waals surface area contributed by atoms with E-state index in [0.717, 1.165) is 5.56 Å². The molecule has 1 amide bonds. The number of halogens is 2. The molecule has 0 saturated heterocycles. The molecule has 3 N–H and O–H groups in total. The summed E-state index contributed by atoms with van der Waals surface area (Å²) in [5.41, 5.74) is 6.89. The fraction of sp³-hybridized carbons (Fsp3) is 0.250. The third-order valence-electron chi connectivity index (χ3n) is 1.76. The Bertz CT molecular complexity index is 360. The number of carbonyl (C=O) groups excluding carboxylic acids is 1. The molecule has 1 aliphatic rings. The monoisotopic (exact) mass is 251 g/mol. The molecule has 0 aromatic carbocycles. The number of hydrogen-bond acceptors (Lipinski definition) is 4. The molecular weight excluding hydrogens is 241 g/mol. The van der Waals surface area contributed by atoms with Crippen LogP contribution in [0.1, 0.15) is 5.56 Å². The first kappa shape index (κ1) is 14.0. The number of anilines is 1.